The Hall–Kier alpha value is -0.0400. The quantitative estimate of drug-likeness (QED) is 0.659. The molecule has 0 aromatic heterocycles. The average Bonchev–Trinajstić information content (AvgIpc) is 2.10. The van der Waals surface area contributed by atoms with Crippen LogP contribution in [0.15, 0.2) is 0 Å². The fraction of sp³-hybridized carbons (Fsp3) is 1.00. The summed E-state index contributed by atoms with van der Waals surface area (Å²) in [7, 11) is 0. The topological polar surface area (TPSA) is 12.0 Å². The summed E-state index contributed by atoms with van der Waals surface area (Å²) in [5.74, 6) is 2.52. The van der Waals surface area contributed by atoms with E-state index in [1.165, 1.54) is 19.4 Å². The smallest absolute Gasteiger partial charge is 0.00104 e. The SMILES string of the molecule is CCC(C)C(CNC(C)C)CC(C)C. The third-order valence-electron chi connectivity index (χ3n) is 3.01. The van der Waals surface area contributed by atoms with Crippen LogP contribution in [-0.2, 0) is 0 Å². The van der Waals surface area contributed by atoms with Gasteiger partial charge in [-0.05, 0) is 30.7 Å². The van der Waals surface area contributed by atoms with E-state index in [1.54, 1.807) is 0 Å². The lowest BCUT2D eigenvalue weighted by molar-refractivity contribution is 0.275. The Morgan fingerprint density at radius 3 is 1.93 bits per heavy atom. The molecule has 0 aromatic rings. The summed E-state index contributed by atoms with van der Waals surface area (Å²) in [6.45, 7) is 15.0. The molecule has 86 valence electrons. The predicted octanol–water partition coefficient (Wildman–Crippen LogP) is 3.69. The van der Waals surface area contributed by atoms with Gasteiger partial charge in [-0.25, -0.2) is 0 Å². The Balaban J connectivity index is 3.97. The first-order valence-corrected chi connectivity index (χ1v) is 6.20. The van der Waals surface area contributed by atoms with Crippen LogP contribution in [0.5, 0.6) is 0 Å². The van der Waals surface area contributed by atoms with E-state index in [9.17, 15) is 0 Å². The van der Waals surface area contributed by atoms with Crippen LogP contribution in [0.2, 0.25) is 0 Å². The lowest BCUT2D eigenvalue weighted by Crippen LogP contribution is -2.32. The van der Waals surface area contributed by atoms with Crippen LogP contribution < -0.4 is 5.32 Å². The van der Waals surface area contributed by atoms with E-state index >= 15 is 0 Å². The van der Waals surface area contributed by atoms with Crippen LogP contribution in [0.1, 0.15) is 54.4 Å². The van der Waals surface area contributed by atoms with Gasteiger partial charge in [0.2, 0.25) is 0 Å². The maximum atomic E-state index is 3.57. The molecule has 0 bridgehead atoms. The molecule has 0 fully saturated rings. The Morgan fingerprint density at radius 2 is 1.57 bits per heavy atom. The number of hydrogen-bond donors (Lipinski definition) is 1. The molecule has 1 N–H and O–H groups in total. The monoisotopic (exact) mass is 199 g/mol. The van der Waals surface area contributed by atoms with Crippen LogP contribution in [-0.4, -0.2) is 12.6 Å². The minimum Gasteiger partial charge on any atom is -0.314 e. The molecule has 0 aliphatic rings. The van der Waals surface area contributed by atoms with E-state index in [-0.39, 0.29) is 0 Å². The lowest BCUT2D eigenvalue weighted by Gasteiger charge is -2.26. The third-order valence-corrected chi connectivity index (χ3v) is 3.01. The first-order chi connectivity index (χ1) is 6.47. The highest BCUT2D eigenvalue weighted by molar-refractivity contribution is 4.70. The Labute approximate surface area is 90.7 Å². The molecule has 0 amide bonds. The van der Waals surface area contributed by atoms with Gasteiger partial charge in [-0.3, -0.25) is 0 Å². The van der Waals surface area contributed by atoms with Crippen molar-refractivity contribution in [3.05, 3.63) is 0 Å². The second kappa shape index (κ2) is 7.28. The van der Waals surface area contributed by atoms with Gasteiger partial charge in [0.1, 0.15) is 0 Å². The molecule has 0 radical (unpaired) electrons. The lowest BCUT2D eigenvalue weighted by atomic mass is 9.85. The van der Waals surface area contributed by atoms with Crippen molar-refractivity contribution in [2.75, 3.05) is 6.54 Å². The van der Waals surface area contributed by atoms with Crippen molar-refractivity contribution in [3.8, 4) is 0 Å². The van der Waals surface area contributed by atoms with Crippen molar-refractivity contribution < 1.29 is 0 Å². The van der Waals surface area contributed by atoms with Gasteiger partial charge in [0.25, 0.3) is 0 Å². The highest BCUT2D eigenvalue weighted by Crippen LogP contribution is 2.22. The Kier molecular flexibility index (Phi) is 7.26. The summed E-state index contributed by atoms with van der Waals surface area (Å²) < 4.78 is 0. The van der Waals surface area contributed by atoms with Crippen molar-refractivity contribution in [3.63, 3.8) is 0 Å². The number of hydrogen-bond acceptors (Lipinski definition) is 1. The van der Waals surface area contributed by atoms with Gasteiger partial charge >= 0.3 is 0 Å². The van der Waals surface area contributed by atoms with Crippen LogP contribution in [0.25, 0.3) is 0 Å². The van der Waals surface area contributed by atoms with Crippen LogP contribution in [0, 0.1) is 17.8 Å². The summed E-state index contributed by atoms with van der Waals surface area (Å²) in [6, 6.07) is 0.619. The molecule has 2 unspecified atom stereocenters. The summed E-state index contributed by atoms with van der Waals surface area (Å²) in [6.07, 6.45) is 2.66. The van der Waals surface area contributed by atoms with Gasteiger partial charge in [0, 0.05) is 6.04 Å². The van der Waals surface area contributed by atoms with Crippen molar-refractivity contribution in [2.45, 2.75) is 60.4 Å². The molecule has 1 nitrogen and oxygen atoms in total. The fourth-order valence-electron chi connectivity index (χ4n) is 1.84. The Morgan fingerprint density at radius 1 is 1.00 bits per heavy atom. The average molecular weight is 199 g/mol. The highest BCUT2D eigenvalue weighted by Gasteiger charge is 2.17. The zero-order valence-electron chi connectivity index (χ0n) is 10.9. The van der Waals surface area contributed by atoms with Gasteiger partial charge in [-0.2, -0.15) is 0 Å². The fourth-order valence-corrected chi connectivity index (χ4v) is 1.84. The van der Waals surface area contributed by atoms with Crippen LogP contribution in [0.4, 0.5) is 0 Å². The molecule has 1 heteroatoms. The van der Waals surface area contributed by atoms with Crippen molar-refractivity contribution in [2.24, 2.45) is 17.8 Å². The van der Waals surface area contributed by atoms with Gasteiger partial charge < -0.3 is 5.32 Å². The molecule has 0 saturated carbocycles. The Bertz CT molecular complexity index is 129. The highest BCUT2D eigenvalue weighted by atomic mass is 14.9. The zero-order chi connectivity index (χ0) is 11.1. The molecule has 14 heavy (non-hydrogen) atoms. The molecule has 0 heterocycles. The van der Waals surface area contributed by atoms with E-state index in [0.29, 0.717) is 6.04 Å². The second-order valence-electron chi connectivity index (χ2n) is 5.34. The zero-order valence-corrected chi connectivity index (χ0v) is 10.9. The van der Waals surface area contributed by atoms with E-state index in [4.69, 9.17) is 0 Å². The van der Waals surface area contributed by atoms with Gasteiger partial charge in [0.05, 0.1) is 0 Å². The van der Waals surface area contributed by atoms with E-state index in [1.807, 2.05) is 0 Å². The summed E-state index contributed by atoms with van der Waals surface area (Å²) in [4.78, 5) is 0. The predicted molar refractivity (Wildman–Crippen MR) is 65.5 cm³/mol. The molecule has 0 aromatic carbocycles. The van der Waals surface area contributed by atoms with E-state index in [2.05, 4.69) is 46.9 Å². The minimum absolute atomic E-state index is 0.619. The number of nitrogens with one attached hydrogen (secondary N) is 1. The largest absolute Gasteiger partial charge is 0.314 e. The molecular weight excluding hydrogens is 170 g/mol. The van der Waals surface area contributed by atoms with Gasteiger partial charge in [0.15, 0.2) is 0 Å². The molecule has 0 spiro atoms. The first-order valence-electron chi connectivity index (χ1n) is 6.20. The van der Waals surface area contributed by atoms with Crippen molar-refractivity contribution >= 4 is 0 Å². The standard InChI is InChI=1S/C13H29N/c1-7-12(6)13(8-10(2)3)9-14-11(4)5/h10-14H,7-9H2,1-6H3. The molecule has 2 atom stereocenters. The van der Waals surface area contributed by atoms with E-state index in [0.717, 1.165) is 17.8 Å². The maximum Gasteiger partial charge on any atom is 0.00104 e. The minimum atomic E-state index is 0.619. The molecular formula is C13H29N. The van der Waals surface area contributed by atoms with E-state index < -0.39 is 0 Å². The molecule has 0 aliphatic carbocycles. The van der Waals surface area contributed by atoms with Crippen molar-refractivity contribution in [1.29, 1.82) is 0 Å². The molecule has 0 rings (SSSR count). The summed E-state index contributed by atoms with van der Waals surface area (Å²) in [5.41, 5.74) is 0. The van der Waals surface area contributed by atoms with Gasteiger partial charge in [-0.15, -0.1) is 0 Å². The summed E-state index contributed by atoms with van der Waals surface area (Å²) >= 11 is 0. The van der Waals surface area contributed by atoms with Crippen LogP contribution >= 0.6 is 0 Å². The molecule has 0 aliphatic heterocycles. The normalized spacial score (nSPS) is 16.3. The maximum absolute atomic E-state index is 3.57. The molecule has 0 saturated heterocycles. The third kappa shape index (κ3) is 6.42. The van der Waals surface area contributed by atoms with Crippen LogP contribution in [0.3, 0.4) is 0 Å². The number of rotatable bonds is 7. The van der Waals surface area contributed by atoms with Gasteiger partial charge in [-0.1, -0.05) is 48.0 Å². The first kappa shape index (κ1) is 14.0. The van der Waals surface area contributed by atoms with Crippen molar-refractivity contribution in [1.82, 2.24) is 5.32 Å². The second-order valence-corrected chi connectivity index (χ2v) is 5.34. The summed E-state index contributed by atoms with van der Waals surface area (Å²) in [5, 5.41) is 3.57.